The van der Waals surface area contributed by atoms with E-state index >= 15 is 0 Å². The van der Waals surface area contributed by atoms with Gasteiger partial charge in [-0.3, -0.25) is 0 Å². The highest BCUT2D eigenvalue weighted by atomic mass is 16.6. The Bertz CT molecular complexity index is 445. The Labute approximate surface area is 108 Å². The highest BCUT2D eigenvalue weighted by Crippen LogP contribution is 2.29. The Morgan fingerprint density at radius 2 is 2.06 bits per heavy atom. The molecule has 1 aromatic carbocycles. The van der Waals surface area contributed by atoms with E-state index < -0.39 is 5.60 Å². The monoisotopic (exact) mass is 248 g/mol. The molecule has 1 saturated heterocycles. The smallest absolute Gasteiger partial charge is 0.410 e. The normalized spacial score (nSPS) is 16.3. The number of hydrogen-bond donors (Lipinski definition) is 1. The van der Waals surface area contributed by atoms with Crippen molar-refractivity contribution in [3.05, 3.63) is 29.8 Å². The highest BCUT2D eigenvalue weighted by Gasteiger charge is 2.34. The Balaban J connectivity index is 1.89. The number of nitrogens with zero attached hydrogens (tertiary/aromatic N) is 1. The summed E-state index contributed by atoms with van der Waals surface area (Å²) in [4.78, 5) is 13.5. The van der Waals surface area contributed by atoms with Gasteiger partial charge in [0.05, 0.1) is 0 Å². The number of nitrogen functional groups attached to an aromatic ring is 1. The average molecular weight is 248 g/mol. The molecule has 1 aromatic rings. The summed E-state index contributed by atoms with van der Waals surface area (Å²) in [7, 11) is 0. The standard InChI is InChI=1S/C14H20N2O2/c1-14(2,3)18-13(17)16-8-11(9-16)10-5-4-6-12(15)7-10/h4-7,11H,8-9,15H2,1-3H3. The number of hydrogen-bond acceptors (Lipinski definition) is 3. The first-order valence-corrected chi connectivity index (χ1v) is 6.18. The van der Waals surface area contributed by atoms with Gasteiger partial charge in [-0.05, 0) is 38.5 Å². The van der Waals surface area contributed by atoms with Crippen molar-refractivity contribution in [1.29, 1.82) is 0 Å². The first kappa shape index (κ1) is 12.7. The lowest BCUT2D eigenvalue weighted by Crippen LogP contribution is -2.50. The van der Waals surface area contributed by atoms with Crippen LogP contribution in [0, 0.1) is 0 Å². The van der Waals surface area contributed by atoms with E-state index in [1.54, 1.807) is 4.90 Å². The van der Waals surface area contributed by atoms with Crippen molar-refractivity contribution < 1.29 is 9.53 Å². The van der Waals surface area contributed by atoms with Crippen molar-refractivity contribution >= 4 is 11.8 Å². The van der Waals surface area contributed by atoms with Crippen molar-refractivity contribution in [3.63, 3.8) is 0 Å². The highest BCUT2D eigenvalue weighted by molar-refractivity contribution is 5.69. The molecule has 2 N–H and O–H groups in total. The second-order valence-electron chi connectivity index (χ2n) is 5.75. The van der Waals surface area contributed by atoms with E-state index in [4.69, 9.17) is 10.5 Å². The van der Waals surface area contributed by atoms with Crippen molar-refractivity contribution in [3.8, 4) is 0 Å². The zero-order chi connectivity index (χ0) is 13.3. The molecule has 0 bridgehead atoms. The van der Waals surface area contributed by atoms with Crippen LogP contribution in [0.4, 0.5) is 10.5 Å². The van der Waals surface area contributed by atoms with E-state index in [1.807, 2.05) is 45.0 Å². The molecule has 1 aliphatic rings. The van der Waals surface area contributed by atoms with Gasteiger partial charge in [-0.1, -0.05) is 12.1 Å². The van der Waals surface area contributed by atoms with Crippen LogP contribution in [0.15, 0.2) is 24.3 Å². The summed E-state index contributed by atoms with van der Waals surface area (Å²) in [5, 5.41) is 0. The van der Waals surface area contributed by atoms with Crippen LogP contribution in [-0.2, 0) is 4.74 Å². The summed E-state index contributed by atoms with van der Waals surface area (Å²) in [6.07, 6.45) is -0.234. The number of ether oxygens (including phenoxy) is 1. The van der Waals surface area contributed by atoms with E-state index in [0.29, 0.717) is 19.0 Å². The van der Waals surface area contributed by atoms with Gasteiger partial charge in [0.2, 0.25) is 0 Å². The van der Waals surface area contributed by atoms with Crippen molar-refractivity contribution in [2.45, 2.75) is 32.3 Å². The third-order valence-corrected chi connectivity index (χ3v) is 2.92. The number of benzene rings is 1. The SMILES string of the molecule is CC(C)(C)OC(=O)N1CC(c2cccc(N)c2)C1. The lowest BCUT2D eigenvalue weighted by Gasteiger charge is -2.40. The number of nitrogens with two attached hydrogens (primary N) is 1. The summed E-state index contributed by atoms with van der Waals surface area (Å²) < 4.78 is 5.31. The van der Waals surface area contributed by atoms with Crippen molar-refractivity contribution in [2.24, 2.45) is 0 Å². The summed E-state index contributed by atoms with van der Waals surface area (Å²) in [5.74, 6) is 0.376. The van der Waals surface area contributed by atoms with E-state index in [9.17, 15) is 4.79 Å². The van der Waals surface area contributed by atoms with Crippen LogP contribution in [0.3, 0.4) is 0 Å². The molecule has 18 heavy (non-hydrogen) atoms. The van der Waals surface area contributed by atoms with Gasteiger partial charge in [0, 0.05) is 24.7 Å². The van der Waals surface area contributed by atoms with Gasteiger partial charge >= 0.3 is 6.09 Å². The van der Waals surface area contributed by atoms with Crippen LogP contribution in [0.5, 0.6) is 0 Å². The maximum absolute atomic E-state index is 11.8. The minimum atomic E-state index is -0.431. The maximum atomic E-state index is 11.8. The van der Waals surface area contributed by atoms with Crippen LogP contribution in [0.25, 0.3) is 0 Å². The number of amides is 1. The molecule has 2 rings (SSSR count). The molecule has 1 heterocycles. The van der Waals surface area contributed by atoms with E-state index in [0.717, 1.165) is 5.69 Å². The first-order chi connectivity index (χ1) is 8.35. The van der Waals surface area contributed by atoms with Crippen LogP contribution in [0.2, 0.25) is 0 Å². The third kappa shape index (κ3) is 2.94. The number of anilines is 1. The second-order valence-corrected chi connectivity index (χ2v) is 5.75. The predicted octanol–water partition coefficient (Wildman–Crippen LogP) is 2.60. The molecule has 4 nitrogen and oxygen atoms in total. The topological polar surface area (TPSA) is 55.6 Å². The summed E-state index contributed by atoms with van der Waals surface area (Å²) in [5.41, 5.74) is 7.27. The van der Waals surface area contributed by atoms with Gasteiger partial charge in [0.15, 0.2) is 0 Å². The molecule has 0 aliphatic carbocycles. The maximum Gasteiger partial charge on any atom is 0.410 e. The quantitative estimate of drug-likeness (QED) is 0.777. The predicted molar refractivity (Wildman–Crippen MR) is 71.4 cm³/mol. The van der Waals surface area contributed by atoms with Gasteiger partial charge in [-0.15, -0.1) is 0 Å². The number of carbonyl (C=O) groups is 1. The number of likely N-dealkylation sites (tertiary alicyclic amines) is 1. The van der Waals surface area contributed by atoms with Crippen LogP contribution < -0.4 is 5.73 Å². The Kier molecular flexibility index (Phi) is 3.20. The van der Waals surface area contributed by atoms with Gasteiger partial charge in [0.1, 0.15) is 5.60 Å². The van der Waals surface area contributed by atoms with E-state index in [2.05, 4.69) is 0 Å². The fraction of sp³-hybridized carbons (Fsp3) is 0.500. The number of rotatable bonds is 1. The van der Waals surface area contributed by atoms with E-state index in [1.165, 1.54) is 5.56 Å². The van der Waals surface area contributed by atoms with Gasteiger partial charge in [-0.2, -0.15) is 0 Å². The van der Waals surface area contributed by atoms with Gasteiger partial charge < -0.3 is 15.4 Å². The van der Waals surface area contributed by atoms with Crippen molar-refractivity contribution in [2.75, 3.05) is 18.8 Å². The molecule has 0 saturated carbocycles. The second kappa shape index (κ2) is 4.52. The summed E-state index contributed by atoms with van der Waals surface area (Å²) in [6.45, 7) is 7.04. The number of carbonyl (C=O) groups excluding carboxylic acids is 1. The molecule has 0 unspecified atom stereocenters. The molecule has 0 atom stereocenters. The summed E-state index contributed by atoms with van der Waals surface area (Å²) >= 11 is 0. The molecule has 1 aliphatic heterocycles. The molecular formula is C14H20N2O2. The van der Waals surface area contributed by atoms with Crippen LogP contribution in [0.1, 0.15) is 32.3 Å². The first-order valence-electron chi connectivity index (χ1n) is 6.18. The molecular weight excluding hydrogens is 228 g/mol. The van der Waals surface area contributed by atoms with Crippen LogP contribution >= 0.6 is 0 Å². The molecule has 0 spiro atoms. The molecule has 0 aromatic heterocycles. The van der Waals surface area contributed by atoms with Crippen LogP contribution in [-0.4, -0.2) is 29.7 Å². The van der Waals surface area contributed by atoms with Gasteiger partial charge in [-0.25, -0.2) is 4.79 Å². The fourth-order valence-electron chi connectivity index (χ4n) is 1.98. The zero-order valence-corrected chi connectivity index (χ0v) is 11.1. The average Bonchev–Trinajstić information content (AvgIpc) is 2.11. The van der Waals surface area contributed by atoms with Crippen molar-refractivity contribution in [1.82, 2.24) is 4.90 Å². The zero-order valence-electron chi connectivity index (χ0n) is 11.1. The van der Waals surface area contributed by atoms with Gasteiger partial charge in [0.25, 0.3) is 0 Å². The minimum Gasteiger partial charge on any atom is -0.444 e. The molecule has 1 fully saturated rings. The Morgan fingerprint density at radius 1 is 1.39 bits per heavy atom. The molecule has 4 heteroatoms. The Morgan fingerprint density at radius 3 is 2.61 bits per heavy atom. The minimum absolute atomic E-state index is 0.234. The largest absolute Gasteiger partial charge is 0.444 e. The molecule has 1 amide bonds. The third-order valence-electron chi connectivity index (χ3n) is 2.92. The lowest BCUT2D eigenvalue weighted by molar-refractivity contribution is 0.00820. The molecule has 98 valence electrons. The lowest BCUT2D eigenvalue weighted by atomic mass is 9.91. The van der Waals surface area contributed by atoms with E-state index in [-0.39, 0.29) is 6.09 Å². The fourth-order valence-corrected chi connectivity index (χ4v) is 1.98. The Hall–Kier alpha value is -1.71. The molecule has 0 radical (unpaired) electrons. The summed E-state index contributed by atoms with van der Waals surface area (Å²) in [6, 6.07) is 7.83.